The normalized spacial score (nSPS) is 14.0. The van der Waals surface area contributed by atoms with Crippen molar-refractivity contribution >= 4 is 23.1 Å². The summed E-state index contributed by atoms with van der Waals surface area (Å²) in [6.07, 6.45) is 1.84. The van der Waals surface area contributed by atoms with Crippen LogP contribution < -0.4 is 15.1 Å². The molecule has 1 saturated heterocycles. The number of aryl methyl sites for hydroxylation is 1. The summed E-state index contributed by atoms with van der Waals surface area (Å²) in [6, 6.07) is 22.0. The Hall–Kier alpha value is -3.34. The Morgan fingerprint density at radius 1 is 0.821 bits per heavy atom. The van der Waals surface area contributed by atoms with Crippen LogP contribution >= 0.6 is 0 Å². The maximum absolute atomic E-state index is 12.4. The van der Waals surface area contributed by atoms with Crippen LogP contribution in [0.5, 0.6) is 0 Å². The van der Waals surface area contributed by atoms with Crippen LogP contribution in [0.1, 0.15) is 15.9 Å². The van der Waals surface area contributed by atoms with Gasteiger partial charge in [-0.05, 0) is 42.8 Å². The molecule has 0 aliphatic carbocycles. The highest BCUT2D eigenvalue weighted by molar-refractivity contribution is 6.04. The number of nitrogens with zero attached hydrogens (tertiary/aromatic N) is 3. The summed E-state index contributed by atoms with van der Waals surface area (Å²) in [6.45, 7) is 5.79. The second-order valence-electron chi connectivity index (χ2n) is 6.98. The molecule has 0 atom stereocenters. The van der Waals surface area contributed by atoms with E-state index in [4.69, 9.17) is 0 Å². The number of nitrogens with one attached hydrogen (secondary N) is 1. The van der Waals surface area contributed by atoms with Gasteiger partial charge in [0, 0.05) is 37.4 Å². The Kier molecular flexibility index (Phi) is 5.24. The zero-order chi connectivity index (χ0) is 19.3. The van der Waals surface area contributed by atoms with Gasteiger partial charge in [-0.3, -0.25) is 4.79 Å². The van der Waals surface area contributed by atoms with Crippen LogP contribution in [0.4, 0.5) is 17.2 Å². The van der Waals surface area contributed by atoms with Crippen LogP contribution in [-0.4, -0.2) is 37.1 Å². The zero-order valence-corrected chi connectivity index (χ0v) is 16.0. The van der Waals surface area contributed by atoms with E-state index in [9.17, 15) is 4.79 Å². The van der Waals surface area contributed by atoms with Crippen molar-refractivity contribution in [3.05, 3.63) is 84.1 Å². The minimum Gasteiger partial charge on any atom is -0.368 e. The molecule has 0 radical (unpaired) electrons. The van der Waals surface area contributed by atoms with E-state index < -0.39 is 0 Å². The van der Waals surface area contributed by atoms with Gasteiger partial charge in [0.2, 0.25) is 0 Å². The smallest absolute Gasteiger partial charge is 0.257 e. The van der Waals surface area contributed by atoms with Crippen LogP contribution in [0.25, 0.3) is 0 Å². The summed E-state index contributed by atoms with van der Waals surface area (Å²) in [5, 5.41) is 2.88. The molecular weight excluding hydrogens is 348 g/mol. The fourth-order valence-electron chi connectivity index (χ4n) is 3.52. The number of carbonyl (C=O) groups is 1. The second kappa shape index (κ2) is 8.13. The SMILES string of the molecule is Cc1ccccc1C(=O)Nc1ccc(N2CCN(c3ccccc3)CC2)cn1. The lowest BCUT2D eigenvalue weighted by molar-refractivity contribution is 0.102. The van der Waals surface area contributed by atoms with Crippen molar-refractivity contribution in [1.82, 2.24) is 4.98 Å². The molecule has 1 amide bonds. The van der Waals surface area contributed by atoms with E-state index in [2.05, 4.69) is 44.4 Å². The molecule has 1 N–H and O–H groups in total. The molecule has 5 heteroatoms. The molecule has 4 rings (SSSR count). The van der Waals surface area contributed by atoms with Gasteiger partial charge in [0.1, 0.15) is 5.82 Å². The van der Waals surface area contributed by atoms with Crippen LogP contribution in [0.3, 0.4) is 0 Å². The number of rotatable bonds is 4. The van der Waals surface area contributed by atoms with Gasteiger partial charge in [-0.15, -0.1) is 0 Å². The summed E-state index contributed by atoms with van der Waals surface area (Å²) in [5.74, 6) is 0.440. The third kappa shape index (κ3) is 3.98. The molecule has 1 aliphatic heterocycles. The molecule has 1 aliphatic rings. The molecule has 142 valence electrons. The molecule has 0 saturated carbocycles. The van der Waals surface area contributed by atoms with Gasteiger partial charge >= 0.3 is 0 Å². The molecular formula is C23H24N4O. The van der Waals surface area contributed by atoms with E-state index in [0.717, 1.165) is 37.4 Å². The number of anilines is 3. The topological polar surface area (TPSA) is 48.5 Å². The van der Waals surface area contributed by atoms with Gasteiger partial charge in [-0.2, -0.15) is 0 Å². The number of piperazine rings is 1. The first-order chi connectivity index (χ1) is 13.7. The minimum atomic E-state index is -0.130. The second-order valence-corrected chi connectivity index (χ2v) is 6.98. The van der Waals surface area contributed by atoms with Gasteiger partial charge in [-0.25, -0.2) is 4.98 Å². The molecule has 28 heavy (non-hydrogen) atoms. The first-order valence-electron chi connectivity index (χ1n) is 9.59. The van der Waals surface area contributed by atoms with Crippen molar-refractivity contribution in [1.29, 1.82) is 0 Å². The number of carbonyl (C=O) groups excluding carboxylic acids is 1. The van der Waals surface area contributed by atoms with Gasteiger partial charge in [0.05, 0.1) is 11.9 Å². The van der Waals surface area contributed by atoms with Gasteiger partial charge in [-0.1, -0.05) is 36.4 Å². The maximum atomic E-state index is 12.4. The van der Waals surface area contributed by atoms with E-state index in [-0.39, 0.29) is 5.91 Å². The van der Waals surface area contributed by atoms with Gasteiger partial charge in [0.25, 0.3) is 5.91 Å². The highest BCUT2D eigenvalue weighted by Crippen LogP contribution is 2.21. The Morgan fingerprint density at radius 3 is 2.11 bits per heavy atom. The highest BCUT2D eigenvalue weighted by atomic mass is 16.1. The summed E-state index contributed by atoms with van der Waals surface area (Å²) in [7, 11) is 0. The summed E-state index contributed by atoms with van der Waals surface area (Å²) in [4.78, 5) is 21.6. The summed E-state index contributed by atoms with van der Waals surface area (Å²) >= 11 is 0. The lowest BCUT2D eigenvalue weighted by atomic mass is 10.1. The van der Waals surface area contributed by atoms with Gasteiger partial charge < -0.3 is 15.1 Å². The monoisotopic (exact) mass is 372 g/mol. The number of hydrogen-bond acceptors (Lipinski definition) is 4. The van der Waals surface area contributed by atoms with Crippen molar-refractivity contribution in [3.63, 3.8) is 0 Å². The fraction of sp³-hybridized carbons (Fsp3) is 0.217. The molecule has 2 aromatic carbocycles. The highest BCUT2D eigenvalue weighted by Gasteiger charge is 2.18. The molecule has 2 heterocycles. The summed E-state index contributed by atoms with van der Waals surface area (Å²) < 4.78 is 0. The third-order valence-corrected chi connectivity index (χ3v) is 5.15. The van der Waals surface area contributed by atoms with Crippen molar-refractivity contribution in [3.8, 4) is 0 Å². The van der Waals surface area contributed by atoms with Crippen LogP contribution in [0.2, 0.25) is 0 Å². The number of benzene rings is 2. The maximum Gasteiger partial charge on any atom is 0.257 e. The number of hydrogen-bond donors (Lipinski definition) is 1. The summed E-state index contributed by atoms with van der Waals surface area (Å²) in [5.41, 5.74) is 3.98. The lowest BCUT2D eigenvalue weighted by Gasteiger charge is -2.37. The minimum absolute atomic E-state index is 0.130. The zero-order valence-electron chi connectivity index (χ0n) is 16.0. The van der Waals surface area contributed by atoms with Crippen molar-refractivity contribution in [2.24, 2.45) is 0 Å². The number of aromatic nitrogens is 1. The molecule has 0 spiro atoms. The van der Waals surface area contributed by atoms with E-state index in [0.29, 0.717) is 11.4 Å². The fourth-order valence-corrected chi connectivity index (χ4v) is 3.52. The van der Waals surface area contributed by atoms with Crippen molar-refractivity contribution in [2.45, 2.75) is 6.92 Å². The lowest BCUT2D eigenvalue weighted by Crippen LogP contribution is -2.46. The Morgan fingerprint density at radius 2 is 1.46 bits per heavy atom. The largest absolute Gasteiger partial charge is 0.368 e. The van der Waals surface area contributed by atoms with E-state index in [1.807, 2.05) is 55.6 Å². The van der Waals surface area contributed by atoms with Gasteiger partial charge in [0.15, 0.2) is 0 Å². The third-order valence-electron chi connectivity index (χ3n) is 5.15. The van der Waals surface area contributed by atoms with Crippen LogP contribution in [0, 0.1) is 6.92 Å². The van der Waals surface area contributed by atoms with E-state index in [1.165, 1.54) is 5.69 Å². The molecule has 0 unspecified atom stereocenters. The number of para-hydroxylation sites is 1. The first kappa shape index (κ1) is 18.0. The Bertz CT molecular complexity index is 932. The van der Waals surface area contributed by atoms with Crippen LogP contribution in [-0.2, 0) is 0 Å². The first-order valence-corrected chi connectivity index (χ1v) is 9.59. The van der Waals surface area contributed by atoms with Crippen molar-refractivity contribution < 1.29 is 4.79 Å². The number of amides is 1. The molecule has 5 nitrogen and oxygen atoms in total. The Balaban J connectivity index is 1.36. The molecule has 0 bridgehead atoms. The average molecular weight is 372 g/mol. The molecule has 3 aromatic rings. The molecule has 1 aromatic heterocycles. The standard InChI is InChI=1S/C23H24N4O/c1-18-7-5-6-10-21(18)23(28)25-22-12-11-20(17-24-22)27-15-13-26(14-16-27)19-8-3-2-4-9-19/h2-12,17H,13-16H2,1H3,(H,24,25,28). The van der Waals surface area contributed by atoms with E-state index in [1.54, 1.807) is 0 Å². The number of pyridine rings is 1. The van der Waals surface area contributed by atoms with E-state index >= 15 is 0 Å². The average Bonchev–Trinajstić information content (AvgIpc) is 2.75. The predicted molar refractivity (Wildman–Crippen MR) is 114 cm³/mol. The van der Waals surface area contributed by atoms with Crippen molar-refractivity contribution in [2.75, 3.05) is 41.3 Å². The Labute approximate surface area is 165 Å². The quantitative estimate of drug-likeness (QED) is 0.753. The molecule has 1 fully saturated rings. The van der Waals surface area contributed by atoms with Crippen LogP contribution in [0.15, 0.2) is 72.9 Å². The predicted octanol–water partition coefficient (Wildman–Crippen LogP) is 3.97.